The molecular weight excluding hydrogens is 300 g/mol. The minimum absolute atomic E-state index is 0.123. The molecule has 2 rings (SSSR count). The fraction of sp³-hybridized carbons (Fsp3) is 0.588. The molecule has 1 fully saturated rings. The molecule has 4 nitrogen and oxygen atoms in total. The molecular formula is C17H25ClN2O2. The van der Waals surface area contributed by atoms with E-state index in [1.54, 1.807) is 0 Å². The maximum Gasteiger partial charge on any atom is 0.317 e. The lowest BCUT2D eigenvalue weighted by atomic mass is 10.1. The van der Waals surface area contributed by atoms with Gasteiger partial charge >= 0.3 is 5.97 Å². The smallest absolute Gasteiger partial charge is 0.317 e. The van der Waals surface area contributed by atoms with E-state index in [2.05, 4.69) is 23.1 Å². The molecule has 1 aromatic carbocycles. The van der Waals surface area contributed by atoms with Crippen LogP contribution in [0.15, 0.2) is 18.2 Å². The highest BCUT2D eigenvalue weighted by Gasteiger charge is 2.21. The van der Waals surface area contributed by atoms with Crippen LogP contribution in [0.2, 0.25) is 5.02 Å². The molecule has 0 radical (unpaired) electrons. The second-order valence-electron chi connectivity index (χ2n) is 6.25. The number of hydrogen-bond donors (Lipinski definition) is 1. The second-order valence-corrected chi connectivity index (χ2v) is 6.66. The van der Waals surface area contributed by atoms with Crippen molar-refractivity contribution in [3.8, 4) is 0 Å². The number of carbonyl (C=O) groups is 1. The first-order valence-corrected chi connectivity index (χ1v) is 8.23. The van der Waals surface area contributed by atoms with Gasteiger partial charge in [-0.1, -0.05) is 23.7 Å². The molecule has 0 bridgehead atoms. The molecule has 0 aliphatic carbocycles. The number of halogens is 1. The Morgan fingerprint density at radius 2 is 2.18 bits per heavy atom. The molecule has 1 unspecified atom stereocenters. The van der Waals surface area contributed by atoms with Crippen molar-refractivity contribution in [3.63, 3.8) is 0 Å². The molecule has 22 heavy (non-hydrogen) atoms. The number of likely N-dealkylation sites (N-methyl/N-ethyl adjacent to an activating group) is 1. The molecule has 1 N–H and O–H groups in total. The van der Waals surface area contributed by atoms with Gasteiger partial charge in [-0.25, -0.2) is 0 Å². The van der Waals surface area contributed by atoms with E-state index in [-0.39, 0.29) is 6.54 Å². The number of aryl methyl sites for hydroxylation is 1. The Morgan fingerprint density at radius 1 is 1.41 bits per heavy atom. The zero-order valence-corrected chi connectivity index (χ0v) is 14.1. The van der Waals surface area contributed by atoms with Crippen LogP contribution in [0, 0.1) is 6.92 Å². The van der Waals surface area contributed by atoms with Crippen molar-refractivity contribution >= 4 is 17.6 Å². The number of benzene rings is 1. The van der Waals surface area contributed by atoms with Gasteiger partial charge in [0.1, 0.15) is 0 Å². The maximum absolute atomic E-state index is 10.8. The lowest BCUT2D eigenvalue weighted by Crippen LogP contribution is -2.36. The largest absolute Gasteiger partial charge is 0.480 e. The predicted molar refractivity (Wildman–Crippen MR) is 89.4 cm³/mol. The summed E-state index contributed by atoms with van der Waals surface area (Å²) in [5.74, 6) is -0.752. The Labute approximate surface area is 137 Å². The van der Waals surface area contributed by atoms with Crippen molar-refractivity contribution < 1.29 is 9.90 Å². The third kappa shape index (κ3) is 4.97. The fourth-order valence-electron chi connectivity index (χ4n) is 3.07. The van der Waals surface area contributed by atoms with Crippen molar-refractivity contribution in [1.29, 1.82) is 0 Å². The lowest BCUT2D eigenvalue weighted by Gasteiger charge is -2.25. The minimum atomic E-state index is -0.752. The Balaban J connectivity index is 1.89. The van der Waals surface area contributed by atoms with E-state index in [1.165, 1.54) is 5.56 Å². The van der Waals surface area contributed by atoms with Gasteiger partial charge < -0.3 is 5.11 Å². The monoisotopic (exact) mass is 324 g/mol. The van der Waals surface area contributed by atoms with Crippen molar-refractivity contribution in [1.82, 2.24) is 9.80 Å². The summed E-state index contributed by atoms with van der Waals surface area (Å²) in [6.07, 6.45) is 3.19. The standard InChI is InChI=1S/C17H25ClN2O2/c1-13-5-6-14(10-16(13)18)11-20-8-3-4-15(7-9-20)19(2)12-17(21)22/h5-6,10,15H,3-4,7-9,11-12H2,1-2H3,(H,21,22). The minimum Gasteiger partial charge on any atom is -0.480 e. The first kappa shape index (κ1) is 17.3. The zero-order valence-electron chi connectivity index (χ0n) is 13.4. The van der Waals surface area contributed by atoms with Gasteiger partial charge in [0.2, 0.25) is 0 Å². The van der Waals surface area contributed by atoms with Crippen LogP contribution in [0.1, 0.15) is 30.4 Å². The van der Waals surface area contributed by atoms with Crippen LogP contribution in [-0.4, -0.2) is 53.6 Å². The van der Waals surface area contributed by atoms with Gasteiger partial charge in [0.05, 0.1) is 6.54 Å². The van der Waals surface area contributed by atoms with Crippen LogP contribution in [0.3, 0.4) is 0 Å². The second kappa shape index (κ2) is 7.95. The van der Waals surface area contributed by atoms with Crippen LogP contribution in [0.25, 0.3) is 0 Å². The highest BCUT2D eigenvalue weighted by atomic mass is 35.5. The lowest BCUT2D eigenvalue weighted by molar-refractivity contribution is -0.138. The summed E-state index contributed by atoms with van der Waals surface area (Å²) in [6.45, 7) is 5.11. The van der Waals surface area contributed by atoms with Crippen molar-refractivity contribution in [3.05, 3.63) is 34.3 Å². The Hall–Kier alpha value is -1.10. The van der Waals surface area contributed by atoms with Gasteiger partial charge in [-0.05, 0) is 63.5 Å². The molecule has 0 saturated carbocycles. The van der Waals surface area contributed by atoms with Crippen LogP contribution in [0.4, 0.5) is 0 Å². The van der Waals surface area contributed by atoms with Crippen molar-refractivity contribution in [2.75, 3.05) is 26.7 Å². The first-order valence-electron chi connectivity index (χ1n) is 7.85. The molecule has 1 saturated heterocycles. The van der Waals surface area contributed by atoms with Gasteiger partial charge in [-0.3, -0.25) is 14.6 Å². The summed E-state index contributed by atoms with van der Waals surface area (Å²) in [5.41, 5.74) is 2.35. The van der Waals surface area contributed by atoms with Crippen LogP contribution in [0.5, 0.6) is 0 Å². The number of carboxylic acid groups (broad SMARTS) is 1. The SMILES string of the molecule is Cc1ccc(CN2CCCC(N(C)CC(=O)O)CC2)cc1Cl. The number of rotatable bonds is 5. The highest BCUT2D eigenvalue weighted by Crippen LogP contribution is 2.20. The van der Waals surface area contributed by atoms with E-state index in [9.17, 15) is 4.79 Å². The van der Waals surface area contributed by atoms with Crippen molar-refractivity contribution in [2.24, 2.45) is 0 Å². The maximum atomic E-state index is 10.8. The average molecular weight is 325 g/mol. The van der Waals surface area contributed by atoms with Crippen LogP contribution in [-0.2, 0) is 11.3 Å². The summed E-state index contributed by atoms with van der Waals surface area (Å²) in [4.78, 5) is 15.2. The predicted octanol–water partition coefficient (Wildman–Crippen LogP) is 3.02. The molecule has 0 spiro atoms. The van der Waals surface area contributed by atoms with E-state index in [4.69, 9.17) is 16.7 Å². The summed E-state index contributed by atoms with van der Waals surface area (Å²) in [7, 11) is 1.91. The fourth-order valence-corrected chi connectivity index (χ4v) is 3.28. The van der Waals surface area contributed by atoms with Gasteiger partial charge in [-0.15, -0.1) is 0 Å². The molecule has 0 amide bonds. The Bertz CT molecular complexity index is 521. The van der Waals surface area contributed by atoms with Gasteiger partial charge in [0.25, 0.3) is 0 Å². The number of nitrogens with zero attached hydrogens (tertiary/aromatic N) is 2. The van der Waals surface area contributed by atoms with Gasteiger partial charge in [-0.2, -0.15) is 0 Å². The Kier molecular flexibility index (Phi) is 6.24. The van der Waals surface area contributed by atoms with Crippen LogP contribution < -0.4 is 0 Å². The quantitative estimate of drug-likeness (QED) is 0.904. The molecule has 5 heteroatoms. The van der Waals surface area contributed by atoms with E-state index in [0.29, 0.717) is 6.04 Å². The van der Waals surface area contributed by atoms with Gasteiger partial charge in [0.15, 0.2) is 0 Å². The van der Waals surface area contributed by atoms with E-state index in [1.807, 2.05) is 18.9 Å². The third-order valence-electron chi connectivity index (χ3n) is 4.44. The topological polar surface area (TPSA) is 43.8 Å². The normalized spacial score (nSPS) is 20.1. The molecule has 122 valence electrons. The average Bonchev–Trinajstić information content (AvgIpc) is 2.68. The molecule has 1 aliphatic rings. The highest BCUT2D eigenvalue weighted by molar-refractivity contribution is 6.31. The van der Waals surface area contributed by atoms with E-state index < -0.39 is 5.97 Å². The van der Waals surface area contributed by atoms with Gasteiger partial charge in [0, 0.05) is 17.6 Å². The Morgan fingerprint density at radius 3 is 2.86 bits per heavy atom. The summed E-state index contributed by atoms with van der Waals surface area (Å²) >= 11 is 6.20. The number of hydrogen-bond acceptors (Lipinski definition) is 3. The summed E-state index contributed by atoms with van der Waals surface area (Å²) in [5, 5.41) is 9.74. The molecule has 1 aromatic rings. The summed E-state index contributed by atoms with van der Waals surface area (Å²) in [6, 6.07) is 6.62. The van der Waals surface area contributed by atoms with E-state index in [0.717, 1.165) is 49.5 Å². The number of carboxylic acids is 1. The zero-order chi connectivity index (χ0) is 16.1. The number of likely N-dealkylation sites (tertiary alicyclic amines) is 1. The summed E-state index contributed by atoms with van der Waals surface area (Å²) < 4.78 is 0. The molecule has 1 atom stereocenters. The van der Waals surface area contributed by atoms with Crippen molar-refractivity contribution in [2.45, 2.75) is 38.8 Å². The molecule has 0 aromatic heterocycles. The molecule has 1 heterocycles. The van der Waals surface area contributed by atoms with Crippen LogP contribution >= 0.6 is 11.6 Å². The van der Waals surface area contributed by atoms with E-state index >= 15 is 0 Å². The number of aliphatic carboxylic acids is 1. The third-order valence-corrected chi connectivity index (χ3v) is 4.85. The molecule has 1 aliphatic heterocycles. The first-order chi connectivity index (χ1) is 10.5.